The molecule has 4 heteroatoms. The lowest BCUT2D eigenvalue weighted by Gasteiger charge is -2.38. The molecule has 2 nitrogen and oxygen atoms in total. The zero-order valence-electron chi connectivity index (χ0n) is 12.0. The van der Waals surface area contributed by atoms with Gasteiger partial charge in [0.25, 0.3) is 11.8 Å². The molecule has 1 aliphatic carbocycles. The maximum absolute atomic E-state index is 12.5. The topological polar surface area (TPSA) is 20.3 Å². The molecule has 1 saturated carbocycles. The summed E-state index contributed by atoms with van der Waals surface area (Å²) in [6.45, 7) is 3.69. The third-order valence-corrected chi connectivity index (χ3v) is 3.72. The third kappa shape index (κ3) is 4.02. The average molecular weight is 281 g/mol. The lowest BCUT2D eigenvalue weighted by molar-refractivity contribution is -0.113. The van der Waals surface area contributed by atoms with E-state index in [0.29, 0.717) is 5.56 Å². The molecule has 0 spiro atoms. The highest BCUT2D eigenvalue weighted by molar-refractivity contribution is 5.94. The average Bonchev–Trinajstić information content (AvgIpc) is 3.21. The molecule has 20 heavy (non-hydrogen) atoms. The Hall–Kier alpha value is -1.45. The van der Waals surface area contributed by atoms with Crippen LogP contribution < -0.4 is 0 Å². The molecule has 1 heterocycles. The van der Waals surface area contributed by atoms with Crippen LogP contribution in [0, 0.1) is 11.8 Å². The number of hydrogen-bond acceptors (Lipinski definition) is 1. The summed E-state index contributed by atoms with van der Waals surface area (Å²) in [5.41, 5.74) is 0.461. The minimum atomic E-state index is -2.69. The number of carbonyl (C=O) groups is 1. The quantitative estimate of drug-likeness (QED) is 0.806. The minimum Gasteiger partial charge on any atom is -0.326 e. The van der Waals surface area contributed by atoms with Crippen molar-refractivity contribution in [2.75, 3.05) is 13.1 Å². The fourth-order valence-electron chi connectivity index (χ4n) is 2.18. The van der Waals surface area contributed by atoms with Gasteiger partial charge in [-0.1, -0.05) is 32.0 Å². The smallest absolute Gasteiger partial charge is 0.282 e. The lowest BCUT2D eigenvalue weighted by atomic mass is 10.1. The van der Waals surface area contributed by atoms with Crippen molar-refractivity contribution in [2.45, 2.75) is 32.6 Å². The van der Waals surface area contributed by atoms with E-state index in [0.717, 1.165) is 16.7 Å². The molecule has 0 aromatic heterocycles. The Morgan fingerprint density at radius 3 is 2.10 bits per heavy atom. The van der Waals surface area contributed by atoms with Gasteiger partial charge in [0.1, 0.15) is 0 Å². The second kappa shape index (κ2) is 5.90. The number of benzene rings is 1. The van der Waals surface area contributed by atoms with Crippen molar-refractivity contribution in [3.8, 4) is 0 Å². The summed E-state index contributed by atoms with van der Waals surface area (Å²) in [6.07, 6.45) is 3.00. The lowest BCUT2D eigenvalue weighted by Crippen LogP contribution is -2.58. The van der Waals surface area contributed by atoms with Gasteiger partial charge in [-0.3, -0.25) is 4.79 Å². The van der Waals surface area contributed by atoms with Crippen LogP contribution in [0.2, 0.25) is 0 Å². The molecule has 1 aromatic rings. The molecule has 0 bridgehead atoms. The van der Waals surface area contributed by atoms with Gasteiger partial charge in [0.2, 0.25) is 0 Å². The molecular formula is C16H21F2NO. The Labute approximate surface area is 118 Å². The molecule has 0 unspecified atom stereocenters. The Bertz CT molecular complexity index is 447. The molecule has 1 aromatic carbocycles. The fraction of sp³-hybridized carbons (Fsp3) is 0.562. The van der Waals surface area contributed by atoms with Gasteiger partial charge in [-0.25, -0.2) is 8.78 Å². The van der Waals surface area contributed by atoms with E-state index in [1.54, 1.807) is 30.3 Å². The van der Waals surface area contributed by atoms with E-state index in [2.05, 4.69) is 13.8 Å². The molecule has 0 radical (unpaired) electrons. The minimum absolute atomic E-state index is 0.323. The van der Waals surface area contributed by atoms with Crippen molar-refractivity contribution < 1.29 is 13.6 Å². The second-order valence-electron chi connectivity index (χ2n) is 5.96. The maximum Gasteiger partial charge on any atom is 0.282 e. The number of rotatable bonds is 2. The standard InChI is InChI=1S/C10H9F2NO.C6H12/c11-10(12)6-13(7-10)9(14)8-4-2-1-3-5-8;1-5(2)6-3-4-6/h1-5H,6-7H2;5-6H,3-4H2,1-2H3. The van der Waals surface area contributed by atoms with Gasteiger partial charge in [-0.05, 0) is 36.8 Å². The highest BCUT2D eigenvalue weighted by atomic mass is 19.3. The third-order valence-electron chi connectivity index (χ3n) is 3.72. The van der Waals surface area contributed by atoms with E-state index < -0.39 is 19.0 Å². The summed E-state index contributed by atoms with van der Waals surface area (Å²) in [6, 6.07) is 8.45. The van der Waals surface area contributed by atoms with Crippen molar-refractivity contribution in [3.63, 3.8) is 0 Å². The number of nitrogens with zero attached hydrogens (tertiary/aromatic N) is 1. The predicted octanol–water partition coefficient (Wildman–Crippen LogP) is 3.83. The van der Waals surface area contributed by atoms with Gasteiger partial charge in [-0.15, -0.1) is 0 Å². The summed E-state index contributed by atoms with van der Waals surface area (Å²) in [4.78, 5) is 12.7. The van der Waals surface area contributed by atoms with Crippen LogP contribution in [0.25, 0.3) is 0 Å². The number of likely N-dealkylation sites (tertiary alicyclic amines) is 1. The van der Waals surface area contributed by atoms with Gasteiger partial charge < -0.3 is 4.90 Å². The van der Waals surface area contributed by atoms with E-state index in [4.69, 9.17) is 0 Å². The van der Waals surface area contributed by atoms with Gasteiger partial charge in [0, 0.05) is 5.56 Å². The highest BCUT2D eigenvalue weighted by Crippen LogP contribution is 2.35. The Morgan fingerprint density at radius 2 is 1.75 bits per heavy atom. The Morgan fingerprint density at radius 1 is 1.20 bits per heavy atom. The second-order valence-corrected chi connectivity index (χ2v) is 5.96. The molecule has 1 amide bonds. The molecule has 1 saturated heterocycles. The zero-order chi connectivity index (χ0) is 14.8. The molecule has 1 aliphatic heterocycles. The van der Waals surface area contributed by atoms with Crippen molar-refractivity contribution in [1.82, 2.24) is 4.90 Å². The van der Waals surface area contributed by atoms with Crippen LogP contribution in [0.4, 0.5) is 8.78 Å². The fourth-order valence-corrected chi connectivity index (χ4v) is 2.18. The van der Waals surface area contributed by atoms with Crippen LogP contribution in [0.15, 0.2) is 30.3 Å². The number of carbonyl (C=O) groups excluding carboxylic acids is 1. The first kappa shape index (κ1) is 14.9. The normalized spacial score (nSPS) is 19.9. The largest absolute Gasteiger partial charge is 0.326 e. The number of alkyl halides is 2. The summed E-state index contributed by atoms with van der Waals surface area (Å²) in [5.74, 6) is -0.948. The monoisotopic (exact) mass is 281 g/mol. The molecule has 2 fully saturated rings. The first-order valence-corrected chi connectivity index (χ1v) is 7.11. The molecule has 0 atom stereocenters. The van der Waals surface area contributed by atoms with E-state index >= 15 is 0 Å². The Kier molecular flexibility index (Phi) is 4.41. The van der Waals surface area contributed by atoms with E-state index in [1.165, 1.54) is 12.8 Å². The SMILES string of the molecule is CC(C)C1CC1.O=C(c1ccccc1)N1CC(F)(F)C1. The van der Waals surface area contributed by atoms with Crippen LogP contribution in [-0.2, 0) is 0 Å². The number of hydrogen-bond donors (Lipinski definition) is 0. The first-order chi connectivity index (χ1) is 9.39. The van der Waals surface area contributed by atoms with Gasteiger partial charge in [0.05, 0.1) is 13.1 Å². The van der Waals surface area contributed by atoms with Crippen LogP contribution in [0.3, 0.4) is 0 Å². The van der Waals surface area contributed by atoms with Gasteiger partial charge in [-0.2, -0.15) is 0 Å². The molecule has 2 aliphatic rings. The maximum atomic E-state index is 12.5. The molecule has 0 N–H and O–H groups in total. The summed E-state index contributed by atoms with van der Waals surface area (Å²) in [7, 11) is 0. The summed E-state index contributed by atoms with van der Waals surface area (Å²) >= 11 is 0. The van der Waals surface area contributed by atoms with E-state index in [1.807, 2.05) is 0 Å². The number of halogens is 2. The molecular weight excluding hydrogens is 260 g/mol. The Balaban J connectivity index is 0.000000205. The van der Waals surface area contributed by atoms with Crippen LogP contribution >= 0.6 is 0 Å². The number of amides is 1. The van der Waals surface area contributed by atoms with Crippen LogP contribution in [0.1, 0.15) is 37.0 Å². The van der Waals surface area contributed by atoms with Gasteiger partial charge >= 0.3 is 0 Å². The molecule has 110 valence electrons. The zero-order valence-corrected chi connectivity index (χ0v) is 12.0. The van der Waals surface area contributed by atoms with Crippen molar-refractivity contribution in [1.29, 1.82) is 0 Å². The van der Waals surface area contributed by atoms with E-state index in [-0.39, 0.29) is 5.91 Å². The summed E-state index contributed by atoms with van der Waals surface area (Å²) < 4.78 is 24.9. The van der Waals surface area contributed by atoms with Crippen LogP contribution in [0.5, 0.6) is 0 Å². The predicted molar refractivity (Wildman–Crippen MR) is 74.9 cm³/mol. The van der Waals surface area contributed by atoms with E-state index in [9.17, 15) is 13.6 Å². The van der Waals surface area contributed by atoms with Crippen molar-refractivity contribution in [2.24, 2.45) is 11.8 Å². The van der Waals surface area contributed by atoms with Gasteiger partial charge in [0.15, 0.2) is 0 Å². The van der Waals surface area contributed by atoms with Crippen molar-refractivity contribution in [3.05, 3.63) is 35.9 Å². The highest BCUT2D eigenvalue weighted by Gasteiger charge is 2.46. The first-order valence-electron chi connectivity index (χ1n) is 7.11. The van der Waals surface area contributed by atoms with Crippen LogP contribution in [-0.4, -0.2) is 29.8 Å². The van der Waals surface area contributed by atoms with Crippen molar-refractivity contribution >= 4 is 5.91 Å². The summed E-state index contributed by atoms with van der Waals surface area (Å²) in [5, 5.41) is 0. The molecule has 3 rings (SSSR count).